The first-order valence-electron chi connectivity index (χ1n) is 9.17. The Balaban J connectivity index is 1.44. The van der Waals surface area contributed by atoms with E-state index in [4.69, 9.17) is 4.74 Å². The van der Waals surface area contributed by atoms with Crippen molar-refractivity contribution in [3.05, 3.63) is 54.2 Å². The summed E-state index contributed by atoms with van der Waals surface area (Å²) < 4.78 is 6.95. The summed E-state index contributed by atoms with van der Waals surface area (Å²) >= 11 is 0. The molecule has 0 radical (unpaired) electrons. The molecule has 1 aliphatic rings. The molecule has 8 heteroatoms. The lowest BCUT2D eigenvalue weighted by atomic mass is 10.0. The number of aryl methyl sites for hydroxylation is 2. The highest BCUT2D eigenvalue weighted by Crippen LogP contribution is 2.26. The zero-order valence-corrected chi connectivity index (χ0v) is 15.8. The first-order valence-corrected chi connectivity index (χ1v) is 9.17. The van der Waals surface area contributed by atoms with Crippen LogP contribution in [0.1, 0.15) is 17.8 Å². The van der Waals surface area contributed by atoms with Crippen LogP contribution in [0.5, 0.6) is 5.88 Å². The summed E-state index contributed by atoms with van der Waals surface area (Å²) in [4.78, 5) is 21.0. The molecule has 0 saturated carbocycles. The van der Waals surface area contributed by atoms with Gasteiger partial charge in [0.05, 0.1) is 19.7 Å². The fraction of sp³-hybridized carbons (Fsp3) is 0.300. The first-order chi connectivity index (χ1) is 13.6. The fourth-order valence-corrected chi connectivity index (χ4v) is 3.31. The number of rotatable bonds is 4. The maximum Gasteiger partial charge on any atom is 0.319 e. The zero-order chi connectivity index (χ0) is 19.5. The van der Waals surface area contributed by atoms with Gasteiger partial charge in [0.1, 0.15) is 12.2 Å². The van der Waals surface area contributed by atoms with Gasteiger partial charge in [-0.05, 0) is 36.6 Å². The van der Waals surface area contributed by atoms with Crippen LogP contribution < -0.4 is 15.4 Å². The summed E-state index contributed by atoms with van der Waals surface area (Å²) in [7, 11) is 1.59. The van der Waals surface area contributed by atoms with Gasteiger partial charge in [-0.25, -0.2) is 19.4 Å². The van der Waals surface area contributed by atoms with Crippen molar-refractivity contribution in [1.82, 2.24) is 25.1 Å². The Labute approximate surface area is 163 Å². The van der Waals surface area contributed by atoms with E-state index in [9.17, 15) is 4.79 Å². The van der Waals surface area contributed by atoms with Crippen molar-refractivity contribution in [2.75, 3.05) is 12.4 Å². The molecule has 3 aromatic rings. The molecule has 2 aromatic heterocycles. The number of methoxy groups -OCH3 is 1. The number of benzene rings is 1. The number of carbonyl (C=O) groups excluding carboxylic acids is 1. The predicted molar refractivity (Wildman–Crippen MR) is 105 cm³/mol. The Morgan fingerprint density at radius 2 is 2.07 bits per heavy atom. The molecule has 1 aromatic carbocycles. The van der Waals surface area contributed by atoms with E-state index in [1.807, 2.05) is 41.9 Å². The Kier molecular flexibility index (Phi) is 4.92. The van der Waals surface area contributed by atoms with Gasteiger partial charge in [-0.15, -0.1) is 0 Å². The molecule has 28 heavy (non-hydrogen) atoms. The number of urea groups is 1. The van der Waals surface area contributed by atoms with Crippen LogP contribution in [0.15, 0.2) is 42.9 Å². The van der Waals surface area contributed by atoms with Gasteiger partial charge in [0.15, 0.2) is 0 Å². The highest BCUT2D eigenvalue weighted by atomic mass is 16.5. The van der Waals surface area contributed by atoms with E-state index in [-0.39, 0.29) is 12.1 Å². The summed E-state index contributed by atoms with van der Waals surface area (Å²) in [6.45, 7) is 2.60. The van der Waals surface area contributed by atoms with Gasteiger partial charge in [0, 0.05) is 29.9 Å². The van der Waals surface area contributed by atoms with Gasteiger partial charge in [-0.3, -0.25) is 0 Å². The number of nitrogens with zero attached hydrogens (tertiary/aromatic N) is 4. The van der Waals surface area contributed by atoms with Gasteiger partial charge in [-0.2, -0.15) is 5.10 Å². The number of nitrogens with one attached hydrogen (secondary N) is 2. The number of ether oxygens (including phenoxy) is 1. The van der Waals surface area contributed by atoms with Crippen LogP contribution in [-0.4, -0.2) is 38.9 Å². The molecule has 3 heterocycles. The number of carbonyl (C=O) groups is 1. The number of anilines is 1. The van der Waals surface area contributed by atoms with Crippen LogP contribution in [0.25, 0.3) is 11.1 Å². The van der Waals surface area contributed by atoms with E-state index < -0.39 is 0 Å². The van der Waals surface area contributed by atoms with Crippen molar-refractivity contribution in [3.8, 4) is 17.0 Å². The molecule has 0 fully saturated rings. The van der Waals surface area contributed by atoms with Crippen molar-refractivity contribution >= 4 is 11.7 Å². The lowest BCUT2D eigenvalue weighted by Crippen LogP contribution is -2.43. The van der Waals surface area contributed by atoms with Crippen molar-refractivity contribution in [2.45, 2.75) is 32.4 Å². The second kappa shape index (κ2) is 7.67. The molecule has 2 amide bonds. The Morgan fingerprint density at radius 1 is 1.21 bits per heavy atom. The van der Waals surface area contributed by atoms with Gasteiger partial charge in [0.25, 0.3) is 0 Å². The molecular formula is C20H22N6O2. The van der Waals surface area contributed by atoms with Gasteiger partial charge in [-0.1, -0.05) is 12.1 Å². The minimum absolute atomic E-state index is 0.0310. The SMILES string of the molecule is COc1ccc(-c2ccc(C)c(NC(=O)N[C@@H]3CCc4ncnn4C3)c2)cn1. The zero-order valence-electron chi connectivity index (χ0n) is 15.8. The lowest BCUT2D eigenvalue weighted by Gasteiger charge is -2.24. The Morgan fingerprint density at radius 3 is 2.86 bits per heavy atom. The number of fused-ring (bicyclic) bond motifs is 1. The molecule has 0 saturated heterocycles. The van der Waals surface area contributed by atoms with Gasteiger partial charge in [0.2, 0.25) is 5.88 Å². The minimum atomic E-state index is -0.221. The molecule has 4 rings (SSSR count). The van der Waals surface area contributed by atoms with E-state index >= 15 is 0 Å². The predicted octanol–water partition coefficient (Wildman–Crippen LogP) is 2.79. The average molecular weight is 378 g/mol. The third-order valence-electron chi connectivity index (χ3n) is 4.91. The van der Waals surface area contributed by atoms with Crippen molar-refractivity contribution < 1.29 is 9.53 Å². The third kappa shape index (κ3) is 3.80. The number of aromatic nitrogens is 4. The average Bonchev–Trinajstić information content (AvgIpc) is 3.17. The second-order valence-corrected chi connectivity index (χ2v) is 6.81. The maximum atomic E-state index is 12.5. The summed E-state index contributed by atoms with van der Waals surface area (Å²) in [5, 5.41) is 10.2. The van der Waals surface area contributed by atoms with E-state index in [0.717, 1.165) is 41.0 Å². The molecule has 2 N–H and O–H groups in total. The minimum Gasteiger partial charge on any atom is -0.481 e. The van der Waals surface area contributed by atoms with Crippen LogP contribution >= 0.6 is 0 Å². The molecule has 0 bridgehead atoms. The largest absolute Gasteiger partial charge is 0.481 e. The van der Waals surface area contributed by atoms with Crippen LogP contribution in [-0.2, 0) is 13.0 Å². The van der Waals surface area contributed by atoms with Crippen molar-refractivity contribution in [1.29, 1.82) is 0 Å². The summed E-state index contributed by atoms with van der Waals surface area (Å²) in [5.74, 6) is 1.53. The van der Waals surface area contributed by atoms with Crippen molar-refractivity contribution in [3.63, 3.8) is 0 Å². The standard InChI is InChI=1S/C20H22N6O2/c1-13-3-4-14(15-5-8-19(28-2)21-10-15)9-17(13)25-20(27)24-16-6-7-18-22-12-23-26(18)11-16/h3-5,8-10,12,16H,6-7,11H2,1-2H3,(H2,24,25,27)/t16-/m1/s1. The molecule has 0 unspecified atom stereocenters. The molecule has 1 aliphatic heterocycles. The molecule has 0 spiro atoms. The maximum absolute atomic E-state index is 12.5. The molecule has 1 atom stereocenters. The Hall–Kier alpha value is -3.42. The fourth-order valence-electron chi connectivity index (χ4n) is 3.31. The summed E-state index contributed by atoms with van der Waals surface area (Å²) in [6, 6.07) is 9.51. The first kappa shape index (κ1) is 18.0. The quantitative estimate of drug-likeness (QED) is 0.728. The van der Waals surface area contributed by atoms with Crippen molar-refractivity contribution in [2.24, 2.45) is 0 Å². The summed E-state index contributed by atoms with van der Waals surface area (Å²) in [5.41, 5.74) is 3.68. The van der Waals surface area contributed by atoms with E-state index in [0.29, 0.717) is 12.4 Å². The highest BCUT2D eigenvalue weighted by molar-refractivity contribution is 5.91. The number of pyridine rings is 1. The smallest absolute Gasteiger partial charge is 0.319 e. The van der Waals surface area contributed by atoms with Crippen LogP contribution in [0, 0.1) is 6.92 Å². The number of amides is 2. The third-order valence-corrected chi connectivity index (χ3v) is 4.91. The lowest BCUT2D eigenvalue weighted by molar-refractivity contribution is 0.243. The highest BCUT2D eigenvalue weighted by Gasteiger charge is 2.21. The van der Waals surface area contributed by atoms with Crippen LogP contribution in [0.2, 0.25) is 0 Å². The monoisotopic (exact) mass is 378 g/mol. The number of hydrogen-bond donors (Lipinski definition) is 2. The van der Waals surface area contributed by atoms with Crippen LogP contribution in [0.3, 0.4) is 0 Å². The number of hydrogen-bond acceptors (Lipinski definition) is 5. The molecular weight excluding hydrogens is 356 g/mol. The van der Waals surface area contributed by atoms with Crippen LogP contribution in [0.4, 0.5) is 10.5 Å². The normalized spacial score (nSPS) is 15.6. The van der Waals surface area contributed by atoms with E-state index in [1.54, 1.807) is 19.6 Å². The van der Waals surface area contributed by atoms with E-state index in [2.05, 4.69) is 25.7 Å². The van der Waals surface area contributed by atoms with E-state index in [1.165, 1.54) is 0 Å². The van der Waals surface area contributed by atoms with Gasteiger partial charge < -0.3 is 15.4 Å². The van der Waals surface area contributed by atoms with Gasteiger partial charge >= 0.3 is 6.03 Å². The molecule has 144 valence electrons. The molecule has 0 aliphatic carbocycles. The summed E-state index contributed by atoms with van der Waals surface area (Å²) in [6.07, 6.45) is 4.97. The second-order valence-electron chi connectivity index (χ2n) is 6.81. The Bertz CT molecular complexity index is 983. The topological polar surface area (TPSA) is 94.0 Å². The molecule has 8 nitrogen and oxygen atoms in total.